The summed E-state index contributed by atoms with van der Waals surface area (Å²) in [7, 11) is 1.92. The van der Waals surface area contributed by atoms with Crippen molar-refractivity contribution < 1.29 is 9.53 Å². The average Bonchev–Trinajstić information content (AvgIpc) is 2.88. The van der Waals surface area contributed by atoms with Crippen LogP contribution in [0.4, 0.5) is 0 Å². The standard InChI is InChI=1S/C31H54ClNO2/c1-3-4-5-6-7-8-9-10-11-12-13-14-15-16-17-21-26-33(2)31(34)30-24-19-18-23-29(30)28-35-27-22-20-25-32/h18-19,23-24H,3-17,20-22,25-28H2,1-2H3. The molecule has 3 nitrogen and oxygen atoms in total. The molecule has 1 amide bonds. The van der Waals surface area contributed by atoms with E-state index < -0.39 is 0 Å². The minimum absolute atomic E-state index is 0.103. The number of amides is 1. The molecule has 0 spiro atoms. The van der Waals surface area contributed by atoms with Crippen LogP contribution in [0.3, 0.4) is 0 Å². The molecule has 0 radical (unpaired) electrons. The van der Waals surface area contributed by atoms with E-state index in [0.717, 1.165) is 36.9 Å². The topological polar surface area (TPSA) is 29.5 Å². The SMILES string of the molecule is CCCCCCCCCCCCCCCCCCN(C)C(=O)c1ccccc1COCCCCCl. The molecule has 4 heteroatoms. The number of nitrogens with zero attached hydrogens (tertiary/aromatic N) is 1. The van der Waals surface area contributed by atoms with Crippen molar-refractivity contribution in [1.82, 2.24) is 4.90 Å². The van der Waals surface area contributed by atoms with Crippen molar-refractivity contribution in [2.45, 2.75) is 129 Å². The number of alkyl halides is 1. The molecule has 0 aliphatic rings. The van der Waals surface area contributed by atoms with Crippen molar-refractivity contribution in [1.29, 1.82) is 0 Å². The summed E-state index contributed by atoms with van der Waals surface area (Å²) in [6, 6.07) is 7.83. The largest absolute Gasteiger partial charge is 0.377 e. The summed E-state index contributed by atoms with van der Waals surface area (Å²) in [6.45, 7) is 4.27. The molecule has 0 aliphatic carbocycles. The lowest BCUT2D eigenvalue weighted by Crippen LogP contribution is -2.28. The Bertz CT molecular complexity index is 622. The van der Waals surface area contributed by atoms with E-state index in [4.69, 9.17) is 16.3 Å². The van der Waals surface area contributed by atoms with E-state index in [1.54, 1.807) is 0 Å². The maximum absolute atomic E-state index is 12.9. The average molecular weight is 508 g/mol. The molecule has 0 aromatic heterocycles. The van der Waals surface area contributed by atoms with Gasteiger partial charge in [0.2, 0.25) is 0 Å². The minimum atomic E-state index is 0.103. The number of unbranched alkanes of at least 4 members (excludes halogenated alkanes) is 16. The summed E-state index contributed by atoms with van der Waals surface area (Å²) >= 11 is 5.72. The molecule has 0 fully saturated rings. The van der Waals surface area contributed by atoms with Gasteiger partial charge in [-0.2, -0.15) is 0 Å². The summed E-state index contributed by atoms with van der Waals surface area (Å²) in [5.41, 5.74) is 1.74. The smallest absolute Gasteiger partial charge is 0.253 e. The van der Waals surface area contributed by atoms with Crippen LogP contribution in [0.1, 0.15) is 138 Å². The number of benzene rings is 1. The number of carbonyl (C=O) groups is 1. The zero-order valence-corrected chi connectivity index (χ0v) is 23.8. The molecule has 0 atom stereocenters. The third-order valence-electron chi connectivity index (χ3n) is 6.87. The first-order valence-corrected chi connectivity index (χ1v) is 15.2. The second-order valence-corrected chi connectivity index (χ2v) is 10.5. The van der Waals surface area contributed by atoms with Crippen LogP contribution in [0, 0.1) is 0 Å². The fourth-order valence-electron chi connectivity index (χ4n) is 4.54. The molecule has 0 heterocycles. The van der Waals surface area contributed by atoms with Gasteiger partial charge in [-0.1, -0.05) is 121 Å². The van der Waals surface area contributed by atoms with E-state index in [2.05, 4.69) is 6.92 Å². The van der Waals surface area contributed by atoms with E-state index in [1.165, 1.54) is 96.3 Å². The molecular weight excluding hydrogens is 454 g/mol. The number of carbonyl (C=O) groups excluding carboxylic acids is 1. The van der Waals surface area contributed by atoms with Gasteiger partial charge in [-0.15, -0.1) is 11.6 Å². The molecular formula is C31H54ClNO2. The molecule has 0 unspecified atom stereocenters. The lowest BCUT2D eigenvalue weighted by Gasteiger charge is -2.19. The Kier molecular flexibility index (Phi) is 21.3. The van der Waals surface area contributed by atoms with E-state index in [1.807, 2.05) is 36.2 Å². The monoisotopic (exact) mass is 507 g/mol. The number of rotatable bonds is 24. The van der Waals surface area contributed by atoms with Crippen LogP contribution in [0.25, 0.3) is 0 Å². The summed E-state index contributed by atoms with van der Waals surface area (Å²) in [5.74, 6) is 0.772. The number of hydrogen-bond donors (Lipinski definition) is 0. The van der Waals surface area contributed by atoms with Crippen LogP contribution in [-0.2, 0) is 11.3 Å². The van der Waals surface area contributed by atoms with E-state index >= 15 is 0 Å². The Morgan fingerprint density at radius 1 is 0.743 bits per heavy atom. The molecule has 0 bridgehead atoms. The summed E-state index contributed by atoms with van der Waals surface area (Å²) in [6.07, 6.45) is 23.8. The molecule has 0 saturated heterocycles. The lowest BCUT2D eigenvalue weighted by atomic mass is 10.0. The zero-order valence-electron chi connectivity index (χ0n) is 23.0. The highest BCUT2D eigenvalue weighted by atomic mass is 35.5. The Morgan fingerprint density at radius 2 is 1.26 bits per heavy atom. The number of hydrogen-bond acceptors (Lipinski definition) is 2. The van der Waals surface area contributed by atoms with Crippen molar-refractivity contribution in [2.24, 2.45) is 0 Å². The Labute approximate surface area is 222 Å². The first kappa shape index (κ1) is 32.0. The van der Waals surface area contributed by atoms with E-state index in [-0.39, 0.29) is 5.91 Å². The van der Waals surface area contributed by atoms with Gasteiger partial charge in [0.25, 0.3) is 5.91 Å². The van der Waals surface area contributed by atoms with Crippen LogP contribution in [-0.4, -0.2) is 36.9 Å². The van der Waals surface area contributed by atoms with Crippen LogP contribution in [0.5, 0.6) is 0 Å². The Hall–Kier alpha value is -1.06. The minimum Gasteiger partial charge on any atom is -0.377 e. The number of ether oxygens (including phenoxy) is 1. The van der Waals surface area contributed by atoms with Crippen LogP contribution < -0.4 is 0 Å². The third-order valence-corrected chi connectivity index (χ3v) is 7.14. The fourth-order valence-corrected chi connectivity index (χ4v) is 4.73. The van der Waals surface area contributed by atoms with Gasteiger partial charge >= 0.3 is 0 Å². The highest BCUT2D eigenvalue weighted by molar-refractivity contribution is 6.17. The predicted octanol–water partition coefficient (Wildman–Crippen LogP) is 9.56. The predicted molar refractivity (Wildman–Crippen MR) is 153 cm³/mol. The van der Waals surface area contributed by atoms with Gasteiger partial charge in [0.1, 0.15) is 0 Å². The third kappa shape index (κ3) is 17.1. The quantitative estimate of drug-likeness (QED) is 0.103. The van der Waals surface area contributed by atoms with E-state index in [0.29, 0.717) is 19.1 Å². The van der Waals surface area contributed by atoms with Gasteiger partial charge in [-0.25, -0.2) is 0 Å². The maximum Gasteiger partial charge on any atom is 0.253 e. The maximum atomic E-state index is 12.9. The highest BCUT2D eigenvalue weighted by Gasteiger charge is 2.15. The first-order valence-electron chi connectivity index (χ1n) is 14.7. The molecule has 35 heavy (non-hydrogen) atoms. The molecule has 0 N–H and O–H groups in total. The normalized spacial score (nSPS) is 11.2. The van der Waals surface area contributed by atoms with Crippen molar-refractivity contribution >= 4 is 17.5 Å². The summed E-state index contributed by atoms with van der Waals surface area (Å²) in [4.78, 5) is 14.8. The van der Waals surface area contributed by atoms with E-state index in [9.17, 15) is 4.79 Å². The van der Waals surface area contributed by atoms with Crippen molar-refractivity contribution in [3.05, 3.63) is 35.4 Å². The van der Waals surface area contributed by atoms with Crippen molar-refractivity contribution in [3.63, 3.8) is 0 Å². The van der Waals surface area contributed by atoms with Crippen molar-refractivity contribution in [2.75, 3.05) is 26.1 Å². The van der Waals surface area contributed by atoms with Gasteiger partial charge in [0.15, 0.2) is 0 Å². The second kappa shape index (κ2) is 23.3. The first-order chi connectivity index (χ1) is 17.2. The zero-order chi connectivity index (χ0) is 25.4. The molecule has 1 aromatic carbocycles. The lowest BCUT2D eigenvalue weighted by molar-refractivity contribution is 0.0781. The van der Waals surface area contributed by atoms with Crippen LogP contribution in [0.15, 0.2) is 24.3 Å². The number of halogens is 1. The fraction of sp³-hybridized carbons (Fsp3) is 0.774. The molecule has 0 saturated carbocycles. The van der Waals surface area contributed by atoms with Crippen LogP contribution in [0.2, 0.25) is 0 Å². The van der Waals surface area contributed by atoms with Gasteiger partial charge in [-0.05, 0) is 30.9 Å². The van der Waals surface area contributed by atoms with Gasteiger partial charge < -0.3 is 9.64 Å². The van der Waals surface area contributed by atoms with Gasteiger partial charge in [0.05, 0.1) is 6.61 Å². The summed E-state index contributed by atoms with van der Waals surface area (Å²) < 4.78 is 5.76. The van der Waals surface area contributed by atoms with Crippen LogP contribution >= 0.6 is 11.6 Å². The molecule has 202 valence electrons. The van der Waals surface area contributed by atoms with Gasteiger partial charge in [-0.3, -0.25) is 4.79 Å². The second-order valence-electron chi connectivity index (χ2n) is 10.1. The molecule has 1 aromatic rings. The molecule has 0 aliphatic heterocycles. The highest BCUT2D eigenvalue weighted by Crippen LogP contribution is 2.16. The molecule has 1 rings (SSSR count). The Morgan fingerprint density at radius 3 is 1.80 bits per heavy atom. The van der Waals surface area contributed by atoms with Crippen molar-refractivity contribution in [3.8, 4) is 0 Å². The summed E-state index contributed by atoms with van der Waals surface area (Å²) in [5, 5.41) is 0. The van der Waals surface area contributed by atoms with Gasteiger partial charge in [0, 0.05) is 31.6 Å². The Balaban J connectivity index is 2.04.